The Hall–Kier alpha value is -1.09. The summed E-state index contributed by atoms with van der Waals surface area (Å²) in [5.41, 5.74) is 0. The van der Waals surface area contributed by atoms with Crippen LogP contribution in [0.2, 0.25) is 0 Å². The first-order chi connectivity index (χ1) is 6.68. The number of carbonyl (C=O) groups is 1. The first-order valence-corrected chi connectivity index (χ1v) is 4.75. The van der Waals surface area contributed by atoms with Gasteiger partial charge in [-0.05, 0) is 33.4 Å². The molecule has 0 saturated heterocycles. The number of rotatable bonds is 6. The molecule has 0 radical (unpaired) electrons. The molecule has 0 aromatic rings. The van der Waals surface area contributed by atoms with Crippen molar-refractivity contribution in [3.8, 4) is 0 Å². The van der Waals surface area contributed by atoms with Crippen LogP contribution < -0.4 is 5.32 Å². The highest BCUT2D eigenvalue weighted by molar-refractivity contribution is 5.68. The molecule has 0 rings (SSSR count). The second-order valence-electron chi connectivity index (χ2n) is 2.79. The zero-order valence-electron chi connectivity index (χ0n) is 9.12. The molecule has 0 aliphatic carbocycles. The Morgan fingerprint density at radius 1 is 1.36 bits per heavy atom. The van der Waals surface area contributed by atoms with Gasteiger partial charge in [-0.15, -0.1) is 6.58 Å². The highest BCUT2D eigenvalue weighted by Gasteiger charge is 1.87. The molecule has 0 saturated carbocycles. The summed E-state index contributed by atoms with van der Waals surface area (Å²) in [6, 6.07) is 0. The molecule has 0 fully saturated rings. The quantitative estimate of drug-likeness (QED) is 0.509. The SMILES string of the molecule is C=CCCC/C=C/CC(=O)O.CNC. The maximum absolute atomic E-state index is 10.0. The number of allylic oxidation sites excluding steroid dienone is 2. The van der Waals surface area contributed by atoms with E-state index in [9.17, 15) is 4.79 Å². The lowest BCUT2D eigenvalue weighted by Crippen LogP contribution is -1.89. The van der Waals surface area contributed by atoms with Crippen LogP contribution in [0.3, 0.4) is 0 Å². The van der Waals surface area contributed by atoms with Gasteiger partial charge in [0, 0.05) is 0 Å². The third-order valence-electron chi connectivity index (χ3n) is 1.24. The van der Waals surface area contributed by atoms with E-state index in [0.717, 1.165) is 19.3 Å². The standard InChI is InChI=1S/C9H14O2.C2H7N/c1-2-3-4-5-6-7-8-9(10)11;1-3-2/h2,6-7H,1,3-5,8H2,(H,10,11);3H,1-2H3/b7-6+;. The predicted molar refractivity (Wildman–Crippen MR) is 60.4 cm³/mol. The molecule has 0 atom stereocenters. The van der Waals surface area contributed by atoms with Crippen molar-refractivity contribution >= 4 is 5.97 Å². The summed E-state index contributed by atoms with van der Waals surface area (Å²) in [5, 5.41) is 11.0. The van der Waals surface area contributed by atoms with Crippen molar-refractivity contribution in [2.75, 3.05) is 14.1 Å². The first-order valence-electron chi connectivity index (χ1n) is 4.75. The largest absolute Gasteiger partial charge is 0.481 e. The second kappa shape index (κ2) is 14.4. The van der Waals surface area contributed by atoms with E-state index in [-0.39, 0.29) is 6.42 Å². The van der Waals surface area contributed by atoms with Crippen LogP contribution in [-0.4, -0.2) is 25.2 Å². The van der Waals surface area contributed by atoms with Gasteiger partial charge < -0.3 is 10.4 Å². The van der Waals surface area contributed by atoms with Gasteiger partial charge in [0.1, 0.15) is 0 Å². The van der Waals surface area contributed by atoms with E-state index in [1.54, 1.807) is 6.08 Å². The van der Waals surface area contributed by atoms with Gasteiger partial charge in [-0.1, -0.05) is 18.2 Å². The molecule has 0 spiro atoms. The van der Waals surface area contributed by atoms with Crippen molar-refractivity contribution in [2.45, 2.75) is 25.7 Å². The van der Waals surface area contributed by atoms with Crippen molar-refractivity contribution in [1.82, 2.24) is 5.32 Å². The molecule has 82 valence electrons. The van der Waals surface area contributed by atoms with Crippen LogP contribution >= 0.6 is 0 Å². The van der Waals surface area contributed by atoms with Gasteiger partial charge in [0.05, 0.1) is 6.42 Å². The minimum absolute atomic E-state index is 0.133. The van der Waals surface area contributed by atoms with Crippen molar-refractivity contribution in [3.63, 3.8) is 0 Å². The van der Waals surface area contributed by atoms with Crippen LogP contribution in [0.25, 0.3) is 0 Å². The number of carboxylic acid groups (broad SMARTS) is 1. The second-order valence-corrected chi connectivity index (χ2v) is 2.79. The number of unbranched alkanes of at least 4 members (excludes halogenated alkanes) is 2. The summed E-state index contributed by atoms with van der Waals surface area (Å²) in [6.07, 6.45) is 8.58. The Morgan fingerprint density at radius 2 is 1.93 bits per heavy atom. The molecular weight excluding hydrogens is 178 g/mol. The molecule has 14 heavy (non-hydrogen) atoms. The Kier molecular flexibility index (Phi) is 15.9. The third-order valence-corrected chi connectivity index (χ3v) is 1.24. The lowest BCUT2D eigenvalue weighted by molar-refractivity contribution is -0.136. The van der Waals surface area contributed by atoms with Gasteiger partial charge in [0.25, 0.3) is 0 Å². The number of nitrogens with one attached hydrogen (secondary N) is 1. The van der Waals surface area contributed by atoms with Gasteiger partial charge in [-0.2, -0.15) is 0 Å². The molecule has 2 N–H and O–H groups in total. The van der Waals surface area contributed by atoms with Crippen LogP contribution in [0.15, 0.2) is 24.8 Å². The fraction of sp³-hybridized carbons (Fsp3) is 0.545. The maximum atomic E-state index is 10.0. The summed E-state index contributed by atoms with van der Waals surface area (Å²) < 4.78 is 0. The van der Waals surface area contributed by atoms with Gasteiger partial charge in [0.2, 0.25) is 0 Å². The molecule has 3 heteroatoms. The normalized spacial score (nSPS) is 9.29. The first kappa shape index (κ1) is 15.4. The summed E-state index contributed by atoms with van der Waals surface area (Å²) in [7, 11) is 3.75. The highest BCUT2D eigenvalue weighted by Crippen LogP contribution is 1.97. The van der Waals surface area contributed by atoms with Crippen LogP contribution in [-0.2, 0) is 4.79 Å². The number of hydrogen-bond donors (Lipinski definition) is 2. The van der Waals surface area contributed by atoms with E-state index in [2.05, 4.69) is 11.9 Å². The molecule has 0 aliphatic heterocycles. The lowest BCUT2D eigenvalue weighted by Gasteiger charge is -1.88. The van der Waals surface area contributed by atoms with Crippen molar-refractivity contribution < 1.29 is 9.90 Å². The minimum atomic E-state index is -0.773. The fourth-order valence-electron chi connectivity index (χ4n) is 0.682. The topological polar surface area (TPSA) is 49.3 Å². The van der Waals surface area contributed by atoms with E-state index >= 15 is 0 Å². The Morgan fingerprint density at radius 3 is 2.36 bits per heavy atom. The average Bonchev–Trinajstić information content (AvgIpc) is 2.12. The van der Waals surface area contributed by atoms with Gasteiger partial charge in [-0.3, -0.25) is 4.79 Å². The molecule has 0 aliphatic rings. The minimum Gasteiger partial charge on any atom is -0.481 e. The molecule has 0 heterocycles. The smallest absolute Gasteiger partial charge is 0.307 e. The van der Waals surface area contributed by atoms with E-state index in [1.165, 1.54) is 0 Å². The molecule has 0 aromatic heterocycles. The molecule has 0 aromatic carbocycles. The van der Waals surface area contributed by atoms with E-state index in [4.69, 9.17) is 5.11 Å². The number of aliphatic carboxylic acids is 1. The number of hydrogen-bond acceptors (Lipinski definition) is 2. The third kappa shape index (κ3) is 22.4. The van der Waals surface area contributed by atoms with E-state index in [0.29, 0.717) is 0 Å². The van der Waals surface area contributed by atoms with Gasteiger partial charge in [-0.25, -0.2) is 0 Å². The van der Waals surface area contributed by atoms with E-state index in [1.807, 2.05) is 26.2 Å². The van der Waals surface area contributed by atoms with Crippen molar-refractivity contribution in [1.29, 1.82) is 0 Å². The summed E-state index contributed by atoms with van der Waals surface area (Å²) in [4.78, 5) is 10.0. The summed E-state index contributed by atoms with van der Waals surface area (Å²) in [5.74, 6) is -0.773. The molecule has 0 amide bonds. The molecule has 3 nitrogen and oxygen atoms in total. The van der Waals surface area contributed by atoms with Crippen LogP contribution in [0.4, 0.5) is 0 Å². The van der Waals surface area contributed by atoms with Crippen LogP contribution in [0.5, 0.6) is 0 Å². The number of carboxylic acids is 1. The molecular formula is C11H21NO2. The van der Waals surface area contributed by atoms with Crippen LogP contribution in [0, 0.1) is 0 Å². The van der Waals surface area contributed by atoms with Crippen LogP contribution in [0.1, 0.15) is 25.7 Å². The van der Waals surface area contributed by atoms with Gasteiger partial charge in [0.15, 0.2) is 0 Å². The fourth-order valence-corrected chi connectivity index (χ4v) is 0.682. The Bertz CT molecular complexity index is 165. The lowest BCUT2D eigenvalue weighted by atomic mass is 10.2. The predicted octanol–water partition coefficient (Wildman–Crippen LogP) is 2.21. The Balaban J connectivity index is 0. The molecule has 0 bridgehead atoms. The highest BCUT2D eigenvalue weighted by atomic mass is 16.4. The zero-order valence-corrected chi connectivity index (χ0v) is 9.12. The summed E-state index contributed by atoms with van der Waals surface area (Å²) in [6.45, 7) is 3.59. The monoisotopic (exact) mass is 199 g/mol. The van der Waals surface area contributed by atoms with Gasteiger partial charge >= 0.3 is 5.97 Å². The Labute approximate surface area is 86.5 Å². The van der Waals surface area contributed by atoms with Crippen molar-refractivity contribution in [3.05, 3.63) is 24.8 Å². The average molecular weight is 199 g/mol. The van der Waals surface area contributed by atoms with E-state index < -0.39 is 5.97 Å². The van der Waals surface area contributed by atoms with Crippen molar-refractivity contribution in [2.24, 2.45) is 0 Å². The molecule has 0 unspecified atom stereocenters. The maximum Gasteiger partial charge on any atom is 0.307 e. The summed E-state index contributed by atoms with van der Waals surface area (Å²) >= 11 is 0. The zero-order chi connectivity index (χ0) is 11.2.